The molecule has 1 aromatic heterocycles. The van der Waals surface area contributed by atoms with E-state index >= 15 is 0 Å². The Hall–Kier alpha value is -2.34. The van der Waals surface area contributed by atoms with E-state index in [1.165, 1.54) is 19.5 Å². The average molecular weight is 247 g/mol. The molecular weight excluding hydrogens is 234 g/mol. The maximum absolute atomic E-state index is 9.04. The van der Waals surface area contributed by atoms with Crippen LogP contribution in [0, 0.1) is 0 Å². The van der Waals surface area contributed by atoms with Gasteiger partial charge in [0.15, 0.2) is 17.3 Å². The van der Waals surface area contributed by atoms with Crippen molar-refractivity contribution in [2.24, 2.45) is 0 Å². The van der Waals surface area contributed by atoms with Crippen molar-refractivity contribution in [2.75, 3.05) is 12.8 Å². The van der Waals surface area contributed by atoms with E-state index in [-0.39, 0.29) is 18.3 Å². The molecule has 0 spiro atoms. The van der Waals surface area contributed by atoms with Crippen LogP contribution in [-0.2, 0) is 6.61 Å². The van der Waals surface area contributed by atoms with E-state index in [9.17, 15) is 0 Å². The van der Waals surface area contributed by atoms with E-state index in [2.05, 4.69) is 9.97 Å². The minimum Gasteiger partial charge on any atom is -0.493 e. The first-order valence-corrected chi connectivity index (χ1v) is 5.26. The SMILES string of the molecule is COc1cc(CO)ccc1Oc1nccnc1N. The van der Waals surface area contributed by atoms with Crippen molar-refractivity contribution in [3.8, 4) is 17.4 Å². The summed E-state index contributed by atoms with van der Waals surface area (Å²) in [7, 11) is 1.52. The largest absolute Gasteiger partial charge is 0.493 e. The summed E-state index contributed by atoms with van der Waals surface area (Å²) in [5.74, 6) is 1.37. The van der Waals surface area contributed by atoms with Crippen molar-refractivity contribution >= 4 is 5.82 Å². The molecule has 0 saturated heterocycles. The Labute approximate surface area is 104 Å². The highest BCUT2D eigenvalue weighted by Crippen LogP contribution is 2.32. The van der Waals surface area contributed by atoms with Crippen LogP contribution in [0.2, 0.25) is 0 Å². The monoisotopic (exact) mass is 247 g/mol. The first kappa shape index (κ1) is 12.1. The second-order valence-electron chi connectivity index (χ2n) is 3.49. The zero-order valence-corrected chi connectivity index (χ0v) is 9.83. The van der Waals surface area contributed by atoms with Gasteiger partial charge in [-0.05, 0) is 17.7 Å². The van der Waals surface area contributed by atoms with Gasteiger partial charge in [-0.25, -0.2) is 9.97 Å². The first-order valence-electron chi connectivity index (χ1n) is 5.26. The maximum Gasteiger partial charge on any atom is 0.262 e. The minimum atomic E-state index is -0.0656. The summed E-state index contributed by atoms with van der Waals surface area (Å²) in [4.78, 5) is 7.85. The summed E-state index contributed by atoms with van der Waals surface area (Å²) in [6.45, 7) is -0.0656. The number of nitrogen functional groups attached to an aromatic ring is 1. The highest BCUT2D eigenvalue weighted by molar-refractivity contribution is 5.48. The Bertz CT molecular complexity index is 546. The van der Waals surface area contributed by atoms with Gasteiger partial charge in [0.2, 0.25) is 0 Å². The van der Waals surface area contributed by atoms with Crippen LogP contribution in [0.3, 0.4) is 0 Å². The number of aliphatic hydroxyl groups is 1. The molecule has 2 rings (SSSR count). The summed E-state index contributed by atoms with van der Waals surface area (Å²) < 4.78 is 10.7. The Kier molecular flexibility index (Phi) is 3.59. The molecule has 0 bridgehead atoms. The molecule has 6 nitrogen and oxygen atoms in total. The van der Waals surface area contributed by atoms with Gasteiger partial charge < -0.3 is 20.3 Å². The molecule has 1 aromatic carbocycles. The fraction of sp³-hybridized carbons (Fsp3) is 0.167. The van der Waals surface area contributed by atoms with E-state index in [1.807, 2.05) is 0 Å². The smallest absolute Gasteiger partial charge is 0.262 e. The number of hydrogen-bond donors (Lipinski definition) is 2. The molecule has 0 aliphatic heterocycles. The lowest BCUT2D eigenvalue weighted by molar-refractivity contribution is 0.280. The normalized spacial score (nSPS) is 10.1. The fourth-order valence-electron chi connectivity index (χ4n) is 1.41. The van der Waals surface area contributed by atoms with Crippen molar-refractivity contribution in [2.45, 2.75) is 6.61 Å². The summed E-state index contributed by atoms with van der Waals surface area (Å²) in [6.07, 6.45) is 2.97. The summed E-state index contributed by atoms with van der Waals surface area (Å²) in [6, 6.07) is 5.09. The van der Waals surface area contributed by atoms with Crippen molar-refractivity contribution in [3.63, 3.8) is 0 Å². The van der Waals surface area contributed by atoms with Crippen LogP contribution in [0.25, 0.3) is 0 Å². The number of hydrogen-bond acceptors (Lipinski definition) is 6. The quantitative estimate of drug-likeness (QED) is 0.847. The van der Waals surface area contributed by atoms with Gasteiger partial charge >= 0.3 is 0 Å². The zero-order valence-electron chi connectivity index (χ0n) is 9.83. The van der Waals surface area contributed by atoms with Gasteiger partial charge in [-0.1, -0.05) is 6.07 Å². The number of ether oxygens (including phenoxy) is 2. The topological polar surface area (TPSA) is 90.5 Å². The lowest BCUT2D eigenvalue weighted by Gasteiger charge is -2.11. The van der Waals surface area contributed by atoms with Gasteiger partial charge in [0, 0.05) is 12.4 Å². The minimum absolute atomic E-state index is 0.0656. The molecule has 18 heavy (non-hydrogen) atoms. The summed E-state index contributed by atoms with van der Waals surface area (Å²) in [5, 5.41) is 9.04. The molecule has 3 N–H and O–H groups in total. The third kappa shape index (κ3) is 2.49. The maximum atomic E-state index is 9.04. The Morgan fingerprint density at radius 3 is 2.67 bits per heavy atom. The second-order valence-corrected chi connectivity index (χ2v) is 3.49. The molecule has 0 atom stereocenters. The number of rotatable bonds is 4. The Morgan fingerprint density at radius 2 is 2.00 bits per heavy atom. The molecule has 0 aliphatic rings. The molecule has 94 valence electrons. The lowest BCUT2D eigenvalue weighted by atomic mass is 10.2. The fourth-order valence-corrected chi connectivity index (χ4v) is 1.41. The van der Waals surface area contributed by atoms with Gasteiger partial charge in [-0.15, -0.1) is 0 Å². The van der Waals surface area contributed by atoms with Crippen molar-refractivity contribution in [3.05, 3.63) is 36.2 Å². The van der Waals surface area contributed by atoms with Gasteiger partial charge in [0.1, 0.15) is 0 Å². The van der Waals surface area contributed by atoms with Crippen molar-refractivity contribution in [1.29, 1.82) is 0 Å². The number of aliphatic hydroxyl groups excluding tert-OH is 1. The van der Waals surface area contributed by atoms with Gasteiger partial charge in [-0.2, -0.15) is 0 Å². The number of methoxy groups -OCH3 is 1. The van der Waals surface area contributed by atoms with E-state index in [4.69, 9.17) is 20.3 Å². The number of nitrogens with zero attached hydrogens (tertiary/aromatic N) is 2. The molecule has 1 heterocycles. The molecule has 0 unspecified atom stereocenters. The van der Waals surface area contributed by atoms with Gasteiger partial charge in [-0.3, -0.25) is 0 Å². The number of benzene rings is 1. The number of aromatic nitrogens is 2. The van der Waals surface area contributed by atoms with Crippen molar-refractivity contribution < 1.29 is 14.6 Å². The number of nitrogens with two attached hydrogens (primary N) is 1. The second kappa shape index (κ2) is 5.33. The third-order valence-corrected chi connectivity index (χ3v) is 2.31. The van der Waals surface area contributed by atoms with E-state index in [0.29, 0.717) is 11.5 Å². The molecule has 0 amide bonds. The molecular formula is C12H13N3O3. The van der Waals surface area contributed by atoms with Crippen LogP contribution >= 0.6 is 0 Å². The molecule has 2 aromatic rings. The predicted octanol–water partition coefficient (Wildman–Crippen LogP) is 1.35. The molecule has 0 radical (unpaired) electrons. The summed E-state index contributed by atoms with van der Waals surface area (Å²) >= 11 is 0. The molecule has 0 fully saturated rings. The van der Waals surface area contributed by atoms with Crippen molar-refractivity contribution in [1.82, 2.24) is 9.97 Å². The van der Waals surface area contributed by atoms with E-state index < -0.39 is 0 Å². The predicted molar refractivity (Wildman–Crippen MR) is 65.4 cm³/mol. The first-order chi connectivity index (χ1) is 8.74. The van der Waals surface area contributed by atoms with Crippen LogP contribution < -0.4 is 15.2 Å². The molecule has 0 aliphatic carbocycles. The van der Waals surface area contributed by atoms with Gasteiger partial charge in [0.25, 0.3) is 5.88 Å². The molecule has 0 saturated carbocycles. The zero-order chi connectivity index (χ0) is 13.0. The summed E-state index contributed by atoms with van der Waals surface area (Å²) in [5.41, 5.74) is 6.36. The number of anilines is 1. The highest BCUT2D eigenvalue weighted by atomic mass is 16.5. The van der Waals surface area contributed by atoms with Crippen LogP contribution in [0.5, 0.6) is 17.4 Å². The lowest BCUT2D eigenvalue weighted by Crippen LogP contribution is -1.98. The van der Waals surface area contributed by atoms with E-state index in [0.717, 1.165) is 5.56 Å². The standard InChI is InChI=1S/C12H13N3O3/c1-17-10-6-8(7-16)2-3-9(10)18-12-11(13)14-4-5-15-12/h2-6,16H,7H2,1H3,(H2,13,14). The Morgan fingerprint density at radius 1 is 1.22 bits per heavy atom. The average Bonchev–Trinajstić information content (AvgIpc) is 2.41. The van der Waals surface area contributed by atoms with E-state index in [1.54, 1.807) is 18.2 Å². The Balaban J connectivity index is 2.32. The van der Waals surface area contributed by atoms with Crippen LogP contribution in [0.1, 0.15) is 5.56 Å². The highest BCUT2D eigenvalue weighted by Gasteiger charge is 2.10. The molecule has 6 heteroatoms. The van der Waals surface area contributed by atoms with Gasteiger partial charge in [0.05, 0.1) is 13.7 Å². The van der Waals surface area contributed by atoms with Crippen LogP contribution in [0.15, 0.2) is 30.6 Å². The van der Waals surface area contributed by atoms with Crippen LogP contribution in [-0.4, -0.2) is 22.2 Å². The third-order valence-electron chi connectivity index (χ3n) is 2.31. The van der Waals surface area contributed by atoms with Crippen LogP contribution in [0.4, 0.5) is 5.82 Å².